The maximum Gasteiger partial charge on any atom is 0.257 e. The van der Waals surface area contributed by atoms with Gasteiger partial charge < -0.3 is 15.7 Å². The van der Waals surface area contributed by atoms with Crippen molar-refractivity contribution in [3.05, 3.63) is 34.9 Å². The minimum absolute atomic E-state index is 0.0510. The van der Waals surface area contributed by atoms with E-state index in [1.54, 1.807) is 0 Å². The van der Waals surface area contributed by atoms with Crippen molar-refractivity contribution in [1.82, 2.24) is 10.6 Å². The first-order chi connectivity index (χ1) is 12.5. The number of amides is 1. The average molecular weight is 366 g/mol. The summed E-state index contributed by atoms with van der Waals surface area (Å²) in [5.74, 6) is 7.09. The number of aliphatic hydroxyl groups excluding tert-OH is 1. The van der Waals surface area contributed by atoms with Crippen LogP contribution in [0.4, 0.5) is 0 Å². The largest absolute Gasteiger partial charge is 0.393 e. The lowest BCUT2D eigenvalue weighted by Gasteiger charge is -2.45. The molecule has 1 aliphatic heterocycles. The topological polar surface area (TPSA) is 61.4 Å². The SMILES string of the molecule is O=C1NC(=S)NC12c1cc(C#CC3CC3)ccc1CC21CCC(O)CC1. The summed E-state index contributed by atoms with van der Waals surface area (Å²) in [5, 5.41) is 16.6. The number of nitrogens with one attached hydrogen (secondary N) is 2. The van der Waals surface area contributed by atoms with Crippen molar-refractivity contribution in [2.45, 2.75) is 56.6 Å². The number of aliphatic hydroxyl groups is 1. The molecule has 0 radical (unpaired) electrons. The molecule has 4 nitrogen and oxygen atoms in total. The van der Waals surface area contributed by atoms with Crippen molar-refractivity contribution >= 4 is 23.2 Å². The molecule has 1 unspecified atom stereocenters. The summed E-state index contributed by atoms with van der Waals surface area (Å²) in [6.45, 7) is 0. The third-order valence-electron chi connectivity index (χ3n) is 6.62. The monoisotopic (exact) mass is 366 g/mol. The molecule has 1 amide bonds. The standard InChI is InChI=1S/C21H22N2O2S/c24-16-7-9-20(10-8-16)12-15-6-5-14(4-3-13-1-2-13)11-17(15)21(20)18(25)22-19(26)23-21/h5-6,11,13,16,24H,1-2,7-10,12H2,(H2,22,23,25,26). The first kappa shape index (κ1) is 16.3. The zero-order valence-corrected chi connectivity index (χ0v) is 15.4. The van der Waals surface area contributed by atoms with Crippen molar-refractivity contribution < 1.29 is 9.90 Å². The lowest BCUT2D eigenvalue weighted by Crippen LogP contribution is -2.56. The molecule has 0 aromatic heterocycles. The Kier molecular flexibility index (Phi) is 3.47. The van der Waals surface area contributed by atoms with Crippen molar-refractivity contribution in [3.8, 4) is 11.8 Å². The average Bonchev–Trinajstić information content (AvgIpc) is 3.35. The van der Waals surface area contributed by atoms with E-state index in [0.717, 1.165) is 43.2 Å². The van der Waals surface area contributed by atoms with Crippen LogP contribution in [0.5, 0.6) is 0 Å². The summed E-state index contributed by atoms with van der Waals surface area (Å²) in [4.78, 5) is 13.2. The molecular formula is C21H22N2O2S. The van der Waals surface area contributed by atoms with Crippen LogP contribution in [0.15, 0.2) is 18.2 Å². The fourth-order valence-corrected chi connectivity index (χ4v) is 5.32. The number of hydrogen-bond donors (Lipinski definition) is 3. The Morgan fingerprint density at radius 1 is 1.19 bits per heavy atom. The molecule has 5 heteroatoms. The Labute approximate surface area is 158 Å². The Morgan fingerprint density at radius 2 is 1.96 bits per heavy atom. The number of thiocarbonyl (C=S) groups is 1. The van der Waals surface area contributed by atoms with E-state index in [0.29, 0.717) is 11.0 Å². The minimum Gasteiger partial charge on any atom is -0.393 e. The highest BCUT2D eigenvalue weighted by molar-refractivity contribution is 7.80. The minimum atomic E-state index is -0.823. The van der Waals surface area contributed by atoms with Crippen LogP contribution in [-0.2, 0) is 16.8 Å². The first-order valence-corrected chi connectivity index (χ1v) is 9.90. The summed E-state index contributed by atoms with van der Waals surface area (Å²) >= 11 is 5.32. The predicted molar refractivity (Wildman–Crippen MR) is 102 cm³/mol. The van der Waals surface area contributed by atoms with Gasteiger partial charge >= 0.3 is 0 Å². The molecule has 3 N–H and O–H groups in total. The van der Waals surface area contributed by atoms with Gasteiger partial charge in [0.1, 0.15) is 0 Å². The summed E-state index contributed by atoms with van der Waals surface area (Å²) in [6.07, 6.45) is 6.06. The molecule has 1 atom stereocenters. The molecule has 1 aromatic rings. The Balaban J connectivity index is 1.63. The molecular weight excluding hydrogens is 344 g/mol. The van der Waals surface area contributed by atoms with Gasteiger partial charge in [-0.2, -0.15) is 0 Å². The van der Waals surface area contributed by atoms with Gasteiger partial charge in [0, 0.05) is 16.9 Å². The van der Waals surface area contributed by atoms with E-state index in [1.165, 1.54) is 18.4 Å². The van der Waals surface area contributed by atoms with E-state index in [9.17, 15) is 9.90 Å². The molecule has 3 fully saturated rings. The molecule has 134 valence electrons. The van der Waals surface area contributed by atoms with E-state index in [2.05, 4.69) is 40.7 Å². The fraction of sp³-hybridized carbons (Fsp3) is 0.524. The molecule has 1 saturated heterocycles. The molecule has 0 bridgehead atoms. The number of benzene rings is 1. The lowest BCUT2D eigenvalue weighted by atomic mass is 9.61. The summed E-state index contributed by atoms with van der Waals surface area (Å²) < 4.78 is 0. The zero-order valence-electron chi connectivity index (χ0n) is 14.6. The Morgan fingerprint density at radius 3 is 2.62 bits per heavy atom. The molecule has 5 rings (SSSR count). The van der Waals surface area contributed by atoms with Crippen molar-refractivity contribution in [3.63, 3.8) is 0 Å². The zero-order chi connectivity index (χ0) is 17.9. The second-order valence-electron chi connectivity index (χ2n) is 8.26. The van der Waals surface area contributed by atoms with Gasteiger partial charge in [-0.1, -0.05) is 17.9 Å². The summed E-state index contributed by atoms with van der Waals surface area (Å²) in [5.41, 5.74) is 2.13. The van der Waals surface area contributed by atoms with E-state index in [-0.39, 0.29) is 17.4 Å². The summed E-state index contributed by atoms with van der Waals surface area (Å²) in [6, 6.07) is 6.29. The van der Waals surface area contributed by atoms with Crippen LogP contribution < -0.4 is 10.6 Å². The second kappa shape index (κ2) is 5.55. The van der Waals surface area contributed by atoms with Gasteiger partial charge in [0.25, 0.3) is 5.91 Å². The highest BCUT2D eigenvalue weighted by Gasteiger charge is 2.65. The van der Waals surface area contributed by atoms with Crippen molar-refractivity contribution in [2.24, 2.45) is 11.3 Å². The highest BCUT2D eigenvalue weighted by atomic mass is 32.1. The molecule has 2 spiro atoms. The van der Waals surface area contributed by atoms with Gasteiger partial charge in [-0.3, -0.25) is 4.79 Å². The Hall–Kier alpha value is -1.90. The number of hydrogen-bond acceptors (Lipinski definition) is 3. The molecule has 4 aliphatic rings. The van der Waals surface area contributed by atoms with E-state index < -0.39 is 5.54 Å². The fourth-order valence-electron chi connectivity index (χ4n) is 5.08. The van der Waals surface area contributed by atoms with Gasteiger partial charge in [0.05, 0.1) is 6.10 Å². The Bertz CT molecular complexity index is 872. The summed E-state index contributed by atoms with van der Waals surface area (Å²) in [7, 11) is 0. The third kappa shape index (κ3) is 2.25. The van der Waals surface area contributed by atoms with Gasteiger partial charge in [0.2, 0.25) is 0 Å². The van der Waals surface area contributed by atoms with E-state index in [4.69, 9.17) is 12.2 Å². The number of fused-ring (bicyclic) bond motifs is 3. The van der Waals surface area contributed by atoms with Crippen molar-refractivity contribution in [1.29, 1.82) is 0 Å². The number of carbonyl (C=O) groups is 1. The lowest BCUT2D eigenvalue weighted by molar-refractivity contribution is -0.131. The molecule has 1 heterocycles. The highest BCUT2D eigenvalue weighted by Crippen LogP contribution is 2.58. The van der Waals surface area contributed by atoms with Gasteiger partial charge in [-0.05, 0) is 80.4 Å². The van der Waals surface area contributed by atoms with Crippen LogP contribution >= 0.6 is 12.2 Å². The molecule has 26 heavy (non-hydrogen) atoms. The van der Waals surface area contributed by atoms with Crippen LogP contribution in [0.1, 0.15) is 55.2 Å². The van der Waals surface area contributed by atoms with E-state index >= 15 is 0 Å². The number of rotatable bonds is 0. The maximum atomic E-state index is 13.2. The quantitative estimate of drug-likeness (QED) is 0.486. The normalized spacial score (nSPS) is 35.0. The van der Waals surface area contributed by atoms with Crippen LogP contribution in [0.25, 0.3) is 0 Å². The predicted octanol–water partition coefficient (Wildman–Crippen LogP) is 2.13. The molecule has 3 aliphatic carbocycles. The second-order valence-corrected chi connectivity index (χ2v) is 8.67. The van der Waals surface area contributed by atoms with Crippen LogP contribution in [0.3, 0.4) is 0 Å². The molecule has 2 saturated carbocycles. The van der Waals surface area contributed by atoms with Gasteiger partial charge in [-0.15, -0.1) is 0 Å². The van der Waals surface area contributed by atoms with Gasteiger partial charge in [0.15, 0.2) is 10.7 Å². The smallest absolute Gasteiger partial charge is 0.257 e. The van der Waals surface area contributed by atoms with Crippen molar-refractivity contribution in [2.75, 3.05) is 0 Å². The van der Waals surface area contributed by atoms with Crippen LogP contribution in [0.2, 0.25) is 0 Å². The number of carbonyl (C=O) groups excluding carboxylic acids is 1. The van der Waals surface area contributed by atoms with E-state index in [1.807, 2.05) is 0 Å². The molecule has 1 aromatic carbocycles. The van der Waals surface area contributed by atoms with Gasteiger partial charge in [-0.25, -0.2) is 0 Å². The maximum absolute atomic E-state index is 13.2. The van der Waals surface area contributed by atoms with Crippen LogP contribution in [-0.4, -0.2) is 22.2 Å². The van der Waals surface area contributed by atoms with Crippen LogP contribution in [0, 0.1) is 23.2 Å². The third-order valence-corrected chi connectivity index (χ3v) is 6.82. The first-order valence-electron chi connectivity index (χ1n) is 9.49.